The molecule has 1 aliphatic heterocycles. The van der Waals surface area contributed by atoms with Crippen LogP contribution < -0.4 is 10.6 Å². The molecular weight excluding hydrogens is 214 g/mol. The Morgan fingerprint density at radius 3 is 2.76 bits per heavy atom. The van der Waals surface area contributed by atoms with E-state index in [2.05, 4.69) is 29.4 Å². The summed E-state index contributed by atoms with van der Waals surface area (Å²) in [5.41, 5.74) is 0. The fourth-order valence-corrected chi connectivity index (χ4v) is 2.52. The van der Waals surface area contributed by atoms with Gasteiger partial charge in [0.2, 0.25) is 5.91 Å². The van der Waals surface area contributed by atoms with Crippen LogP contribution in [0.1, 0.15) is 33.6 Å². The van der Waals surface area contributed by atoms with Crippen molar-refractivity contribution in [3.8, 4) is 0 Å². The molecule has 100 valence electrons. The maximum Gasteiger partial charge on any atom is 0.237 e. The summed E-state index contributed by atoms with van der Waals surface area (Å²) in [5.74, 6) is 0.775. The third kappa shape index (κ3) is 3.96. The average Bonchev–Trinajstić information content (AvgIpc) is 2.34. The number of carbonyl (C=O) groups is 1. The summed E-state index contributed by atoms with van der Waals surface area (Å²) in [5, 5.41) is 6.32. The lowest BCUT2D eigenvalue weighted by Gasteiger charge is -2.39. The van der Waals surface area contributed by atoms with Crippen LogP contribution in [0.25, 0.3) is 0 Å². The van der Waals surface area contributed by atoms with Gasteiger partial charge >= 0.3 is 0 Å². The topological polar surface area (TPSA) is 44.4 Å². The molecule has 1 rings (SSSR count). The highest BCUT2D eigenvalue weighted by Crippen LogP contribution is 2.18. The van der Waals surface area contributed by atoms with E-state index in [0.717, 1.165) is 32.5 Å². The number of hydrogen-bond donors (Lipinski definition) is 2. The van der Waals surface area contributed by atoms with Gasteiger partial charge in [-0.25, -0.2) is 0 Å². The molecule has 0 aromatic carbocycles. The molecule has 1 aliphatic rings. The molecule has 0 saturated carbocycles. The molecule has 17 heavy (non-hydrogen) atoms. The third-order valence-electron chi connectivity index (χ3n) is 3.78. The van der Waals surface area contributed by atoms with E-state index in [0.29, 0.717) is 12.0 Å². The van der Waals surface area contributed by atoms with Gasteiger partial charge in [-0.05, 0) is 32.7 Å². The van der Waals surface area contributed by atoms with Crippen molar-refractivity contribution in [1.29, 1.82) is 0 Å². The lowest BCUT2D eigenvalue weighted by molar-refractivity contribution is -0.126. The second kappa shape index (κ2) is 6.97. The Morgan fingerprint density at radius 2 is 2.24 bits per heavy atom. The molecule has 1 heterocycles. The summed E-state index contributed by atoms with van der Waals surface area (Å²) in [6.45, 7) is 9.14. The van der Waals surface area contributed by atoms with Crippen LogP contribution >= 0.6 is 0 Å². The summed E-state index contributed by atoms with van der Waals surface area (Å²) in [7, 11) is 2.02. The predicted octanol–water partition coefficient (Wildman–Crippen LogP) is 0.831. The Kier molecular flexibility index (Phi) is 5.92. The fourth-order valence-electron chi connectivity index (χ4n) is 2.52. The third-order valence-corrected chi connectivity index (χ3v) is 3.78. The quantitative estimate of drug-likeness (QED) is 0.749. The van der Waals surface area contributed by atoms with E-state index in [1.54, 1.807) is 0 Å². The van der Waals surface area contributed by atoms with Crippen LogP contribution in [-0.2, 0) is 4.79 Å². The molecule has 3 atom stereocenters. The van der Waals surface area contributed by atoms with Gasteiger partial charge in [0.1, 0.15) is 0 Å². The van der Waals surface area contributed by atoms with Gasteiger partial charge in [-0.1, -0.05) is 13.8 Å². The van der Waals surface area contributed by atoms with E-state index in [9.17, 15) is 4.79 Å². The zero-order chi connectivity index (χ0) is 12.8. The summed E-state index contributed by atoms with van der Waals surface area (Å²) in [4.78, 5) is 14.2. The van der Waals surface area contributed by atoms with Gasteiger partial charge in [0, 0.05) is 25.7 Å². The number of hydrogen-bond acceptors (Lipinski definition) is 3. The summed E-state index contributed by atoms with van der Waals surface area (Å²) in [6.07, 6.45) is 2.12. The maximum absolute atomic E-state index is 11.9. The van der Waals surface area contributed by atoms with Crippen LogP contribution in [-0.4, -0.2) is 49.6 Å². The minimum Gasteiger partial charge on any atom is -0.355 e. The molecule has 4 heteroatoms. The highest BCUT2D eigenvalue weighted by Gasteiger charge is 2.29. The molecule has 0 bridgehead atoms. The standard InChI is InChI=1S/C13H27N3O/c1-5-7-15-13(17)11(3)16-8-6-12(14-4)10(2)9-16/h10-12,14H,5-9H2,1-4H3,(H,15,17). The van der Waals surface area contributed by atoms with Gasteiger partial charge in [-0.2, -0.15) is 0 Å². The normalized spacial score (nSPS) is 27.8. The maximum atomic E-state index is 11.9. The first kappa shape index (κ1) is 14.5. The van der Waals surface area contributed by atoms with Crippen molar-refractivity contribution in [3.63, 3.8) is 0 Å². The zero-order valence-electron chi connectivity index (χ0n) is 11.6. The Morgan fingerprint density at radius 1 is 1.53 bits per heavy atom. The molecule has 3 unspecified atom stereocenters. The van der Waals surface area contributed by atoms with Crippen molar-refractivity contribution >= 4 is 5.91 Å². The molecule has 4 nitrogen and oxygen atoms in total. The highest BCUT2D eigenvalue weighted by atomic mass is 16.2. The Hall–Kier alpha value is -0.610. The Balaban J connectivity index is 2.43. The van der Waals surface area contributed by atoms with Crippen molar-refractivity contribution in [2.45, 2.75) is 45.7 Å². The molecule has 1 fully saturated rings. The molecule has 1 saturated heterocycles. The first-order chi connectivity index (χ1) is 8.10. The number of rotatable bonds is 5. The predicted molar refractivity (Wildman–Crippen MR) is 71.0 cm³/mol. The zero-order valence-corrected chi connectivity index (χ0v) is 11.6. The minimum atomic E-state index is 0.00167. The van der Waals surface area contributed by atoms with Gasteiger partial charge < -0.3 is 10.6 Å². The van der Waals surface area contributed by atoms with E-state index in [1.165, 1.54) is 0 Å². The molecule has 0 aromatic heterocycles. The van der Waals surface area contributed by atoms with Crippen LogP contribution in [0, 0.1) is 5.92 Å². The van der Waals surface area contributed by atoms with E-state index in [1.807, 2.05) is 14.0 Å². The number of nitrogens with one attached hydrogen (secondary N) is 2. The van der Waals surface area contributed by atoms with Crippen molar-refractivity contribution < 1.29 is 4.79 Å². The van der Waals surface area contributed by atoms with Gasteiger partial charge in [-0.15, -0.1) is 0 Å². The first-order valence-electron chi connectivity index (χ1n) is 6.79. The average molecular weight is 241 g/mol. The Labute approximate surface area is 105 Å². The molecule has 0 aliphatic carbocycles. The van der Waals surface area contributed by atoms with Crippen LogP contribution in [0.3, 0.4) is 0 Å². The van der Waals surface area contributed by atoms with E-state index in [4.69, 9.17) is 0 Å². The fraction of sp³-hybridized carbons (Fsp3) is 0.923. The van der Waals surface area contributed by atoms with Crippen LogP contribution in [0.4, 0.5) is 0 Å². The van der Waals surface area contributed by atoms with Crippen molar-refractivity contribution in [2.75, 3.05) is 26.7 Å². The number of likely N-dealkylation sites (tertiary alicyclic amines) is 1. The number of piperidine rings is 1. The Bertz CT molecular complexity index is 245. The van der Waals surface area contributed by atoms with Crippen LogP contribution in [0.15, 0.2) is 0 Å². The molecule has 0 spiro atoms. The van der Waals surface area contributed by atoms with E-state index in [-0.39, 0.29) is 11.9 Å². The smallest absolute Gasteiger partial charge is 0.237 e. The van der Waals surface area contributed by atoms with Crippen LogP contribution in [0.2, 0.25) is 0 Å². The van der Waals surface area contributed by atoms with Gasteiger partial charge in [-0.3, -0.25) is 9.69 Å². The molecule has 0 radical (unpaired) electrons. The second-order valence-electron chi connectivity index (χ2n) is 5.12. The van der Waals surface area contributed by atoms with Gasteiger partial charge in [0.05, 0.1) is 6.04 Å². The number of amides is 1. The number of nitrogens with zero attached hydrogens (tertiary/aromatic N) is 1. The van der Waals surface area contributed by atoms with Crippen molar-refractivity contribution in [2.24, 2.45) is 5.92 Å². The molecular formula is C13H27N3O. The van der Waals surface area contributed by atoms with Crippen LogP contribution in [0.5, 0.6) is 0 Å². The first-order valence-corrected chi connectivity index (χ1v) is 6.79. The molecule has 1 amide bonds. The summed E-state index contributed by atoms with van der Waals surface area (Å²) < 4.78 is 0. The SMILES string of the molecule is CCCNC(=O)C(C)N1CCC(NC)C(C)C1. The summed E-state index contributed by atoms with van der Waals surface area (Å²) in [6, 6.07) is 0.596. The lowest BCUT2D eigenvalue weighted by Crippen LogP contribution is -2.53. The van der Waals surface area contributed by atoms with E-state index < -0.39 is 0 Å². The monoisotopic (exact) mass is 241 g/mol. The van der Waals surface area contributed by atoms with Gasteiger partial charge in [0.25, 0.3) is 0 Å². The second-order valence-corrected chi connectivity index (χ2v) is 5.12. The lowest BCUT2D eigenvalue weighted by atomic mass is 9.93. The van der Waals surface area contributed by atoms with Crippen molar-refractivity contribution in [3.05, 3.63) is 0 Å². The van der Waals surface area contributed by atoms with E-state index >= 15 is 0 Å². The molecule has 0 aromatic rings. The van der Waals surface area contributed by atoms with Crippen molar-refractivity contribution in [1.82, 2.24) is 15.5 Å². The van der Waals surface area contributed by atoms with Gasteiger partial charge in [0.15, 0.2) is 0 Å². The largest absolute Gasteiger partial charge is 0.355 e. The molecule has 2 N–H and O–H groups in total. The number of carbonyl (C=O) groups excluding carboxylic acids is 1. The minimum absolute atomic E-state index is 0.00167. The summed E-state index contributed by atoms with van der Waals surface area (Å²) >= 11 is 0. The highest BCUT2D eigenvalue weighted by molar-refractivity contribution is 5.81.